The molecule has 0 saturated carbocycles. The molecule has 1 heterocycles. The first-order valence-corrected chi connectivity index (χ1v) is 7.34. The lowest BCUT2D eigenvalue weighted by molar-refractivity contribution is -0.148. The minimum Gasteiger partial charge on any atom is -0.468 e. The number of imidazole rings is 1. The SMILES string of the molecule is CNC(C)(CCn1c(C)nc2c1CCCC2)C(=O)OC. The second-order valence-corrected chi connectivity index (χ2v) is 5.73. The highest BCUT2D eigenvalue weighted by Crippen LogP contribution is 2.23. The third kappa shape index (κ3) is 2.73. The number of methoxy groups -OCH3 is 1. The van der Waals surface area contributed by atoms with Gasteiger partial charge >= 0.3 is 5.97 Å². The van der Waals surface area contributed by atoms with Crippen molar-refractivity contribution in [3.63, 3.8) is 0 Å². The lowest BCUT2D eigenvalue weighted by atomic mass is 9.97. The van der Waals surface area contributed by atoms with E-state index in [4.69, 9.17) is 4.74 Å². The molecule has 1 unspecified atom stereocenters. The fourth-order valence-corrected chi connectivity index (χ4v) is 2.92. The van der Waals surface area contributed by atoms with E-state index in [0.717, 1.165) is 25.2 Å². The Morgan fingerprint density at radius 1 is 1.45 bits per heavy atom. The molecule has 5 nitrogen and oxygen atoms in total. The number of likely N-dealkylation sites (N-methyl/N-ethyl adjacent to an activating group) is 1. The van der Waals surface area contributed by atoms with Crippen LogP contribution in [0.2, 0.25) is 0 Å². The number of nitrogens with zero attached hydrogens (tertiary/aromatic N) is 2. The molecule has 2 rings (SSSR count). The van der Waals surface area contributed by atoms with Gasteiger partial charge in [-0.2, -0.15) is 0 Å². The minimum atomic E-state index is -0.646. The van der Waals surface area contributed by atoms with Crippen LogP contribution in [0.1, 0.15) is 43.4 Å². The number of ether oxygens (including phenoxy) is 1. The number of aromatic nitrogens is 2. The molecule has 5 heteroatoms. The summed E-state index contributed by atoms with van der Waals surface area (Å²) >= 11 is 0. The number of fused-ring (bicyclic) bond motifs is 1. The van der Waals surface area contributed by atoms with E-state index in [-0.39, 0.29) is 5.97 Å². The number of hydrogen-bond donors (Lipinski definition) is 1. The Morgan fingerprint density at radius 3 is 2.80 bits per heavy atom. The predicted octanol–water partition coefficient (Wildman–Crippen LogP) is 1.61. The van der Waals surface area contributed by atoms with Crippen LogP contribution in [0, 0.1) is 6.92 Å². The lowest BCUT2D eigenvalue weighted by Crippen LogP contribution is -2.49. The summed E-state index contributed by atoms with van der Waals surface area (Å²) in [6.07, 6.45) is 5.35. The van der Waals surface area contributed by atoms with Crippen LogP contribution in [0.15, 0.2) is 0 Å². The lowest BCUT2D eigenvalue weighted by Gasteiger charge is -2.27. The molecule has 0 bridgehead atoms. The van der Waals surface area contributed by atoms with Gasteiger partial charge in [-0.25, -0.2) is 4.98 Å². The molecule has 1 aliphatic carbocycles. The Kier molecular flexibility index (Phi) is 4.48. The normalized spacial score (nSPS) is 17.4. The van der Waals surface area contributed by atoms with E-state index in [1.165, 1.54) is 31.3 Å². The maximum Gasteiger partial charge on any atom is 0.325 e. The molecule has 0 aromatic carbocycles. The second kappa shape index (κ2) is 5.95. The average molecular weight is 279 g/mol. The van der Waals surface area contributed by atoms with Crippen molar-refractivity contribution in [2.45, 2.75) is 58.0 Å². The average Bonchev–Trinajstić information content (AvgIpc) is 2.79. The number of aryl methyl sites for hydroxylation is 2. The van der Waals surface area contributed by atoms with E-state index in [9.17, 15) is 4.79 Å². The van der Waals surface area contributed by atoms with Gasteiger partial charge in [-0.15, -0.1) is 0 Å². The molecule has 0 amide bonds. The maximum atomic E-state index is 11.9. The Morgan fingerprint density at radius 2 is 2.15 bits per heavy atom. The van der Waals surface area contributed by atoms with Crippen LogP contribution in [0.4, 0.5) is 0 Å². The molecule has 1 N–H and O–H groups in total. The van der Waals surface area contributed by atoms with Crippen molar-refractivity contribution in [3.05, 3.63) is 17.2 Å². The van der Waals surface area contributed by atoms with Gasteiger partial charge in [0, 0.05) is 12.2 Å². The van der Waals surface area contributed by atoms with Crippen molar-refractivity contribution in [3.8, 4) is 0 Å². The van der Waals surface area contributed by atoms with Crippen LogP contribution in [0.3, 0.4) is 0 Å². The highest BCUT2D eigenvalue weighted by atomic mass is 16.5. The van der Waals surface area contributed by atoms with Gasteiger partial charge in [-0.3, -0.25) is 4.79 Å². The van der Waals surface area contributed by atoms with Gasteiger partial charge in [0.25, 0.3) is 0 Å². The summed E-state index contributed by atoms with van der Waals surface area (Å²) in [6.45, 7) is 4.73. The second-order valence-electron chi connectivity index (χ2n) is 5.73. The van der Waals surface area contributed by atoms with Gasteiger partial charge < -0.3 is 14.6 Å². The van der Waals surface area contributed by atoms with Crippen molar-refractivity contribution in [2.24, 2.45) is 0 Å². The highest BCUT2D eigenvalue weighted by Gasteiger charge is 2.32. The van der Waals surface area contributed by atoms with Gasteiger partial charge in [0.1, 0.15) is 11.4 Å². The summed E-state index contributed by atoms with van der Waals surface area (Å²) in [7, 11) is 3.23. The van der Waals surface area contributed by atoms with Crippen molar-refractivity contribution in [1.82, 2.24) is 14.9 Å². The standard InChI is InChI=1S/C15H25N3O2/c1-11-17-12-7-5-6-8-13(12)18(11)10-9-15(2,16-3)14(19)20-4/h16H,5-10H2,1-4H3. The fraction of sp³-hybridized carbons (Fsp3) is 0.733. The number of carbonyl (C=O) groups is 1. The minimum absolute atomic E-state index is 0.216. The monoisotopic (exact) mass is 279 g/mol. The smallest absolute Gasteiger partial charge is 0.325 e. The molecule has 0 fully saturated rings. The summed E-state index contributed by atoms with van der Waals surface area (Å²) in [5.41, 5.74) is 1.96. The van der Waals surface area contributed by atoms with Crippen LogP contribution in [-0.2, 0) is 28.9 Å². The Labute approximate surface area is 120 Å². The van der Waals surface area contributed by atoms with Crippen molar-refractivity contribution in [1.29, 1.82) is 0 Å². The molecule has 0 spiro atoms. The fourth-order valence-electron chi connectivity index (χ4n) is 2.92. The first kappa shape index (κ1) is 15.0. The molecular weight excluding hydrogens is 254 g/mol. The van der Waals surface area contributed by atoms with Gasteiger partial charge in [0.05, 0.1) is 12.8 Å². The zero-order valence-corrected chi connectivity index (χ0v) is 13.0. The summed E-state index contributed by atoms with van der Waals surface area (Å²) in [6, 6.07) is 0. The Hall–Kier alpha value is -1.36. The molecule has 1 aliphatic rings. The maximum absolute atomic E-state index is 11.9. The molecule has 0 radical (unpaired) electrons. The molecule has 1 atom stereocenters. The third-order valence-electron chi connectivity index (χ3n) is 4.45. The first-order valence-electron chi connectivity index (χ1n) is 7.34. The molecule has 1 aromatic rings. The number of carbonyl (C=O) groups excluding carboxylic acids is 1. The Bertz CT molecular complexity index is 496. The summed E-state index contributed by atoms with van der Waals surface area (Å²) in [4.78, 5) is 16.6. The van der Waals surface area contributed by atoms with Crippen LogP contribution in [0.5, 0.6) is 0 Å². The summed E-state index contributed by atoms with van der Waals surface area (Å²) in [5, 5.41) is 3.08. The molecule has 1 aromatic heterocycles. The van der Waals surface area contributed by atoms with Crippen LogP contribution in [-0.4, -0.2) is 35.2 Å². The number of rotatable bonds is 5. The van der Waals surface area contributed by atoms with E-state index >= 15 is 0 Å². The summed E-state index contributed by atoms with van der Waals surface area (Å²) < 4.78 is 7.16. The largest absolute Gasteiger partial charge is 0.468 e. The van der Waals surface area contributed by atoms with Crippen molar-refractivity contribution >= 4 is 5.97 Å². The van der Waals surface area contributed by atoms with Crippen LogP contribution >= 0.6 is 0 Å². The molecular formula is C15H25N3O2. The number of nitrogens with one attached hydrogen (secondary N) is 1. The zero-order chi connectivity index (χ0) is 14.8. The molecule has 20 heavy (non-hydrogen) atoms. The summed E-state index contributed by atoms with van der Waals surface area (Å²) in [5.74, 6) is 0.840. The van der Waals surface area contributed by atoms with E-state index in [0.29, 0.717) is 6.42 Å². The van der Waals surface area contributed by atoms with E-state index < -0.39 is 5.54 Å². The van der Waals surface area contributed by atoms with Crippen molar-refractivity contribution in [2.75, 3.05) is 14.2 Å². The molecule has 112 valence electrons. The first-order chi connectivity index (χ1) is 9.51. The van der Waals surface area contributed by atoms with Gasteiger partial charge in [0.15, 0.2) is 0 Å². The van der Waals surface area contributed by atoms with Gasteiger partial charge in [-0.1, -0.05) is 0 Å². The van der Waals surface area contributed by atoms with Crippen LogP contribution in [0.25, 0.3) is 0 Å². The Balaban J connectivity index is 2.14. The molecule has 0 aliphatic heterocycles. The van der Waals surface area contributed by atoms with Crippen LogP contribution < -0.4 is 5.32 Å². The van der Waals surface area contributed by atoms with E-state index in [1.54, 1.807) is 7.05 Å². The molecule has 0 saturated heterocycles. The van der Waals surface area contributed by atoms with Gasteiger partial charge in [-0.05, 0) is 53.0 Å². The van der Waals surface area contributed by atoms with Gasteiger partial charge in [0.2, 0.25) is 0 Å². The highest BCUT2D eigenvalue weighted by molar-refractivity contribution is 5.80. The quantitative estimate of drug-likeness (QED) is 0.832. The predicted molar refractivity (Wildman–Crippen MR) is 77.7 cm³/mol. The van der Waals surface area contributed by atoms with E-state index in [2.05, 4.69) is 14.9 Å². The van der Waals surface area contributed by atoms with Crippen molar-refractivity contribution < 1.29 is 9.53 Å². The number of hydrogen-bond acceptors (Lipinski definition) is 4. The van der Waals surface area contributed by atoms with E-state index in [1.807, 2.05) is 13.8 Å². The number of esters is 1. The topological polar surface area (TPSA) is 56.2 Å². The zero-order valence-electron chi connectivity index (χ0n) is 13.0. The third-order valence-corrected chi connectivity index (χ3v) is 4.45.